The van der Waals surface area contributed by atoms with Crippen LogP contribution < -0.4 is 0 Å². The third-order valence-electron chi connectivity index (χ3n) is 16.9. The Kier molecular flexibility index (Phi) is 68.3. The van der Waals surface area contributed by atoms with E-state index < -0.39 is 97.5 Å². The van der Waals surface area contributed by atoms with Crippen molar-refractivity contribution < 1.29 is 80.2 Å². The van der Waals surface area contributed by atoms with Gasteiger partial charge in [-0.15, -0.1) is 0 Å². The van der Waals surface area contributed by atoms with Crippen molar-refractivity contribution in [1.29, 1.82) is 0 Å². The van der Waals surface area contributed by atoms with Crippen LogP contribution in [0.1, 0.15) is 362 Å². The molecule has 19 heteroatoms. The van der Waals surface area contributed by atoms with Gasteiger partial charge in [0.05, 0.1) is 26.4 Å². The molecule has 17 nitrogen and oxygen atoms in total. The van der Waals surface area contributed by atoms with Crippen molar-refractivity contribution in [2.75, 3.05) is 39.6 Å². The molecule has 0 saturated heterocycles. The van der Waals surface area contributed by atoms with Gasteiger partial charge in [0.1, 0.15) is 19.3 Å². The summed E-state index contributed by atoms with van der Waals surface area (Å²) >= 11 is 0. The fraction of sp³-hybridized carbons (Fsp3) is 0.844. The van der Waals surface area contributed by atoms with E-state index in [1.54, 1.807) is 0 Å². The summed E-state index contributed by atoms with van der Waals surface area (Å²) in [7, 11) is -9.93. The molecule has 0 aromatic rings. The molecular formula is C77H142O17P2. The lowest BCUT2D eigenvalue weighted by atomic mass is 10.0. The van der Waals surface area contributed by atoms with Gasteiger partial charge in [-0.05, 0) is 77.0 Å². The minimum atomic E-state index is -4.97. The number of hydrogen-bond donors (Lipinski definition) is 3. The highest BCUT2D eigenvalue weighted by Crippen LogP contribution is 2.45. The van der Waals surface area contributed by atoms with Crippen LogP contribution in [0.4, 0.5) is 0 Å². The van der Waals surface area contributed by atoms with Gasteiger partial charge >= 0.3 is 39.5 Å². The maximum atomic E-state index is 13.1. The van der Waals surface area contributed by atoms with E-state index in [2.05, 4.69) is 76.3 Å². The quantitative estimate of drug-likeness (QED) is 0.0169. The van der Waals surface area contributed by atoms with Gasteiger partial charge in [-0.3, -0.25) is 37.3 Å². The maximum absolute atomic E-state index is 13.1. The minimum Gasteiger partial charge on any atom is -0.462 e. The van der Waals surface area contributed by atoms with Crippen molar-refractivity contribution in [2.24, 2.45) is 0 Å². The first-order valence-corrected chi connectivity index (χ1v) is 41.9. The van der Waals surface area contributed by atoms with Crippen LogP contribution in [0.2, 0.25) is 0 Å². The molecule has 0 fully saturated rings. The highest BCUT2D eigenvalue weighted by Gasteiger charge is 2.30. The molecule has 0 saturated carbocycles. The van der Waals surface area contributed by atoms with E-state index in [0.29, 0.717) is 25.7 Å². The van der Waals surface area contributed by atoms with Crippen LogP contribution in [0.15, 0.2) is 48.6 Å². The average Bonchev–Trinajstić information content (AvgIpc) is 2.40. The summed E-state index contributed by atoms with van der Waals surface area (Å²) in [6.07, 6.45) is 67.0. The summed E-state index contributed by atoms with van der Waals surface area (Å²) in [5.74, 6) is -2.18. The van der Waals surface area contributed by atoms with Crippen LogP contribution in [0.3, 0.4) is 0 Å². The average molecular weight is 1400 g/mol. The highest BCUT2D eigenvalue weighted by atomic mass is 31.2. The molecule has 0 rings (SSSR count). The van der Waals surface area contributed by atoms with Gasteiger partial charge in [0, 0.05) is 25.7 Å². The third-order valence-corrected chi connectivity index (χ3v) is 18.8. The second kappa shape index (κ2) is 70.5. The number of phosphoric ester groups is 2. The lowest BCUT2D eigenvalue weighted by molar-refractivity contribution is -0.161. The van der Waals surface area contributed by atoms with Gasteiger partial charge in [0.25, 0.3) is 0 Å². The molecule has 0 aliphatic rings. The number of unbranched alkanes of at least 4 members (excludes halogenated alkanes) is 42. The summed E-state index contributed by atoms with van der Waals surface area (Å²) < 4.78 is 68.3. The van der Waals surface area contributed by atoms with Gasteiger partial charge in [-0.2, -0.15) is 0 Å². The molecule has 0 heterocycles. The van der Waals surface area contributed by atoms with E-state index in [1.165, 1.54) is 148 Å². The van der Waals surface area contributed by atoms with Crippen molar-refractivity contribution in [1.82, 2.24) is 0 Å². The lowest BCUT2D eigenvalue weighted by Gasteiger charge is -2.21. The van der Waals surface area contributed by atoms with Crippen LogP contribution in [-0.4, -0.2) is 96.7 Å². The molecule has 0 aliphatic carbocycles. The van der Waals surface area contributed by atoms with Gasteiger partial charge in [0.2, 0.25) is 0 Å². The molecular weight excluding hydrogens is 1260 g/mol. The third kappa shape index (κ3) is 69.5. The fourth-order valence-electron chi connectivity index (χ4n) is 10.9. The first kappa shape index (κ1) is 93.0. The maximum Gasteiger partial charge on any atom is 0.472 e. The Bertz CT molecular complexity index is 2010. The lowest BCUT2D eigenvalue weighted by Crippen LogP contribution is -2.30. The zero-order chi connectivity index (χ0) is 70.4. The van der Waals surface area contributed by atoms with Crippen LogP contribution in [-0.2, 0) is 65.4 Å². The highest BCUT2D eigenvalue weighted by molar-refractivity contribution is 7.47. The Morgan fingerprint density at radius 1 is 0.292 bits per heavy atom. The number of hydrogen-bond acceptors (Lipinski definition) is 15. The molecule has 562 valence electrons. The summed E-state index contributed by atoms with van der Waals surface area (Å²) in [5, 5.41) is 10.6. The van der Waals surface area contributed by atoms with Gasteiger partial charge in [-0.25, -0.2) is 9.13 Å². The Morgan fingerprint density at radius 3 is 0.760 bits per heavy atom. The van der Waals surface area contributed by atoms with E-state index in [4.69, 9.17) is 37.0 Å². The van der Waals surface area contributed by atoms with Crippen molar-refractivity contribution in [2.45, 2.75) is 380 Å². The number of aliphatic hydroxyl groups is 1. The Morgan fingerprint density at radius 2 is 0.500 bits per heavy atom. The SMILES string of the molecule is CCCCCC/C=C\C=C/CCCCCCCC(=O)OC[C@H](COP(=O)(O)OC[C@@H](O)COP(=O)(O)OC[C@@H](COC(=O)CCCCCCCCC)OC(=O)CCCCCCC/C=C\C=C/CCCCCC)OC(=O)CCCCCCCCCCCCCCCCCCCCC. The molecule has 0 radical (unpaired) electrons. The van der Waals surface area contributed by atoms with Crippen molar-refractivity contribution in [3.63, 3.8) is 0 Å². The zero-order valence-corrected chi connectivity index (χ0v) is 63.1. The number of rotatable bonds is 74. The van der Waals surface area contributed by atoms with E-state index in [1.807, 2.05) is 0 Å². The normalized spacial score (nSPS) is 14.2. The number of carbonyl (C=O) groups excluding carboxylic acids is 4. The fourth-order valence-corrected chi connectivity index (χ4v) is 12.4. The Hall–Kier alpha value is -2.98. The predicted octanol–water partition coefficient (Wildman–Crippen LogP) is 22.1. The molecule has 0 bridgehead atoms. The number of phosphoric acid groups is 2. The summed E-state index contributed by atoms with van der Waals surface area (Å²) in [6.45, 7) is 4.82. The van der Waals surface area contributed by atoms with E-state index in [0.717, 1.165) is 135 Å². The van der Waals surface area contributed by atoms with Gasteiger partial charge < -0.3 is 33.8 Å². The van der Waals surface area contributed by atoms with E-state index in [-0.39, 0.29) is 25.7 Å². The van der Waals surface area contributed by atoms with Crippen LogP contribution >= 0.6 is 15.6 Å². The van der Waals surface area contributed by atoms with Crippen molar-refractivity contribution in [3.8, 4) is 0 Å². The second-order valence-corrected chi connectivity index (χ2v) is 29.3. The molecule has 96 heavy (non-hydrogen) atoms. The Balaban J connectivity index is 5.25. The standard InChI is InChI=1S/C77H142O17P2/c1-5-9-13-17-21-24-27-30-33-34-35-36-39-42-45-48-52-56-60-64-77(82)94-73(68-88-75(80)62-58-54-50-46-43-40-37-31-28-25-22-18-14-10-6-2)70-92-96(85,86)90-66-71(78)65-89-95(83,84)91-69-72(67-87-74(79)61-57-53-49-20-16-12-8-4)93-76(81)63-59-55-51-47-44-41-38-32-29-26-23-19-15-11-7-3/h25-26,28-29,31-32,37-38,71-73,78H,5-24,27,30,33-36,39-70H2,1-4H3,(H,83,84)(H,85,86)/b28-25-,29-26-,37-31-,38-32-/t71-,72+,73+/m0/s1. The molecule has 0 amide bonds. The molecule has 0 aliphatic heterocycles. The molecule has 0 spiro atoms. The van der Waals surface area contributed by atoms with E-state index in [9.17, 15) is 43.2 Å². The second-order valence-electron chi connectivity index (χ2n) is 26.4. The molecule has 2 unspecified atom stereocenters. The first-order chi connectivity index (χ1) is 46.7. The monoisotopic (exact) mass is 1400 g/mol. The number of allylic oxidation sites excluding steroid dienone is 8. The van der Waals surface area contributed by atoms with Gasteiger partial charge in [-0.1, -0.05) is 307 Å². The predicted molar refractivity (Wildman–Crippen MR) is 390 cm³/mol. The number of ether oxygens (including phenoxy) is 4. The van der Waals surface area contributed by atoms with Crippen LogP contribution in [0, 0.1) is 0 Å². The van der Waals surface area contributed by atoms with Crippen LogP contribution in [0.5, 0.6) is 0 Å². The molecule has 5 atom stereocenters. The van der Waals surface area contributed by atoms with Crippen LogP contribution in [0.25, 0.3) is 0 Å². The number of esters is 4. The van der Waals surface area contributed by atoms with Crippen molar-refractivity contribution in [3.05, 3.63) is 48.6 Å². The smallest absolute Gasteiger partial charge is 0.462 e. The first-order valence-electron chi connectivity index (χ1n) is 38.9. The van der Waals surface area contributed by atoms with Crippen molar-refractivity contribution >= 4 is 39.5 Å². The largest absolute Gasteiger partial charge is 0.472 e. The molecule has 3 N–H and O–H groups in total. The Labute approximate surface area is 585 Å². The topological polar surface area (TPSA) is 237 Å². The summed E-state index contributed by atoms with van der Waals surface area (Å²) in [5.41, 5.74) is 0. The number of carbonyl (C=O) groups is 4. The number of aliphatic hydroxyl groups excluding tert-OH is 1. The summed E-state index contributed by atoms with van der Waals surface area (Å²) in [4.78, 5) is 72.6. The zero-order valence-electron chi connectivity index (χ0n) is 61.3. The summed E-state index contributed by atoms with van der Waals surface area (Å²) in [6, 6.07) is 0. The minimum absolute atomic E-state index is 0.0827. The molecule has 0 aromatic heterocycles. The molecule has 0 aromatic carbocycles. The van der Waals surface area contributed by atoms with E-state index >= 15 is 0 Å². The van der Waals surface area contributed by atoms with Gasteiger partial charge in [0.15, 0.2) is 12.2 Å².